The van der Waals surface area contributed by atoms with Crippen molar-refractivity contribution in [2.24, 2.45) is 5.73 Å². The average Bonchev–Trinajstić information content (AvgIpc) is 2.27. The van der Waals surface area contributed by atoms with Crippen LogP contribution in [0, 0.1) is 0 Å². The number of carbonyl (C=O) groups is 3. The largest absolute Gasteiger partial charge is 0.456 e. The fourth-order valence-corrected chi connectivity index (χ4v) is 2.05. The Morgan fingerprint density at radius 2 is 1.25 bits per heavy atom. The molecule has 0 unspecified atom stereocenters. The zero-order valence-electron chi connectivity index (χ0n) is 11.8. The van der Waals surface area contributed by atoms with E-state index >= 15 is 0 Å². The van der Waals surface area contributed by atoms with Crippen molar-refractivity contribution in [1.29, 1.82) is 0 Å². The lowest BCUT2D eigenvalue weighted by Crippen LogP contribution is -2.63. The van der Waals surface area contributed by atoms with E-state index in [9.17, 15) is 14.4 Å². The van der Waals surface area contributed by atoms with Gasteiger partial charge in [-0.25, -0.2) is 0 Å². The standard InChI is InChI=1S/C12H19NO7/c1-5-9(18-6(2)14)10(19-7(3)15)11(12(13)17-5)20-8(4)16/h5,9-12H,13H2,1-4H3/t5-,9+,10+,11-,12-/m0/s1. The lowest BCUT2D eigenvalue weighted by molar-refractivity contribution is -0.242. The highest BCUT2D eigenvalue weighted by Crippen LogP contribution is 2.26. The first-order valence-corrected chi connectivity index (χ1v) is 6.15. The van der Waals surface area contributed by atoms with Crippen molar-refractivity contribution < 1.29 is 33.3 Å². The van der Waals surface area contributed by atoms with Crippen molar-refractivity contribution in [3.8, 4) is 0 Å². The lowest BCUT2D eigenvalue weighted by Gasteiger charge is -2.42. The van der Waals surface area contributed by atoms with Crippen LogP contribution >= 0.6 is 0 Å². The molecule has 114 valence electrons. The number of carbonyl (C=O) groups excluding carboxylic acids is 3. The van der Waals surface area contributed by atoms with Crippen LogP contribution in [-0.2, 0) is 33.3 Å². The minimum absolute atomic E-state index is 0.570. The summed E-state index contributed by atoms with van der Waals surface area (Å²) in [5.74, 6) is -1.78. The SMILES string of the molecule is CC(=O)O[C@@H]1[C@H](OC(C)=O)[C@H](C)O[C@H](N)[C@H]1OC(C)=O. The van der Waals surface area contributed by atoms with Gasteiger partial charge in [0, 0.05) is 20.8 Å². The van der Waals surface area contributed by atoms with E-state index in [0.717, 1.165) is 0 Å². The van der Waals surface area contributed by atoms with E-state index in [1.54, 1.807) is 6.92 Å². The summed E-state index contributed by atoms with van der Waals surface area (Å²) in [6, 6.07) is 0. The third-order valence-electron chi connectivity index (χ3n) is 2.71. The molecule has 8 nitrogen and oxygen atoms in total. The Hall–Kier alpha value is -1.67. The maximum absolute atomic E-state index is 11.2. The first kappa shape index (κ1) is 16.4. The second kappa shape index (κ2) is 6.67. The van der Waals surface area contributed by atoms with Gasteiger partial charge in [-0.05, 0) is 6.92 Å². The van der Waals surface area contributed by atoms with Gasteiger partial charge in [-0.1, -0.05) is 0 Å². The van der Waals surface area contributed by atoms with E-state index in [4.69, 9.17) is 24.7 Å². The van der Waals surface area contributed by atoms with Crippen LogP contribution < -0.4 is 5.73 Å². The Balaban J connectivity index is 3.01. The highest BCUT2D eigenvalue weighted by Gasteiger charge is 2.48. The molecule has 0 aromatic heterocycles. The third-order valence-corrected chi connectivity index (χ3v) is 2.71. The monoisotopic (exact) mass is 289 g/mol. The third kappa shape index (κ3) is 4.17. The molecule has 0 saturated carbocycles. The van der Waals surface area contributed by atoms with Gasteiger partial charge in [0.25, 0.3) is 0 Å². The normalized spacial score (nSPS) is 33.1. The highest BCUT2D eigenvalue weighted by atomic mass is 16.6. The summed E-state index contributed by atoms with van der Waals surface area (Å²) in [5.41, 5.74) is 5.75. The van der Waals surface area contributed by atoms with E-state index in [-0.39, 0.29) is 0 Å². The van der Waals surface area contributed by atoms with Crippen molar-refractivity contribution in [3.05, 3.63) is 0 Å². The van der Waals surface area contributed by atoms with Crippen LogP contribution in [0.1, 0.15) is 27.7 Å². The highest BCUT2D eigenvalue weighted by molar-refractivity contribution is 5.68. The quantitative estimate of drug-likeness (QED) is 0.545. The molecule has 1 heterocycles. The molecule has 1 aliphatic rings. The maximum Gasteiger partial charge on any atom is 0.303 e. The molecule has 8 heteroatoms. The van der Waals surface area contributed by atoms with Gasteiger partial charge in [-0.3, -0.25) is 14.4 Å². The molecule has 20 heavy (non-hydrogen) atoms. The van der Waals surface area contributed by atoms with Gasteiger partial charge in [0.1, 0.15) is 6.23 Å². The maximum atomic E-state index is 11.2. The van der Waals surface area contributed by atoms with Crippen LogP contribution in [0.3, 0.4) is 0 Å². The van der Waals surface area contributed by atoms with E-state index in [0.29, 0.717) is 0 Å². The van der Waals surface area contributed by atoms with Crippen LogP contribution in [-0.4, -0.2) is 48.6 Å². The van der Waals surface area contributed by atoms with Gasteiger partial charge in [0.15, 0.2) is 18.3 Å². The minimum atomic E-state index is -1.04. The van der Waals surface area contributed by atoms with E-state index in [1.165, 1.54) is 20.8 Å². The first-order chi connectivity index (χ1) is 9.22. The topological polar surface area (TPSA) is 114 Å². The van der Waals surface area contributed by atoms with E-state index < -0.39 is 48.6 Å². The number of esters is 3. The molecule has 2 N–H and O–H groups in total. The van der Waals surface area contributed by atoms with Crippen molar-refractivity contribution >= 4 is 17.9 Å². The predicted molar refractivity (Wildman–Crippen MR) is 65.2 cm³/mol. The first-order valence-electron chi connectivity index (χ1n) is 6.15. The predicted octanol–water partition coefficient (Wildman–Crippen LogP) is -0.515. The summed E-state index contributed by atoms with van der Waals surface area (Å²) >= 11 is 0. The second-order valence-electron chi connectivity index (χ2n) is 4.53. The number of ether oxygens (including phenoxy) is 4. The van der Waals surface area contributed by atoms with E-state index in [1.807, 2.05) is 0 Å². The van der Waals surface area contributed by atoms with Crippen molar-refractivity contribution in [1.82, 2.24) is 0 Å². The summed E-state index contributed by atoms with van der Waals surface area (Å²) in [6.07, 6.45) is -4.55. The Morgan fingerprint density at radius 3 is 1.70 bits per heavy atom. The molecule has 1 fully saturated rings. The van der Waals surface area contributed by atoms with Gasteiger partial charge in [0.05, 0.1) is 6.10 Å². The summed E-state index contributed by atoms with van der Waals surface area (Å²) in [6.45, 7) is 5.22. The van der Waals surface area contributed by atoms with Gasteiger partial charge in [-0.15, -0.1) is 0 Å². The van der Waals surface area contributed by atoms with Crippen LogP contribution in [0.25, 0.3) is 0 Å². The van der Waals surface area contributed by atoms with Gasteiger partial charge in [-0.2, -0.15) is 0 Å². The fraction of sp³-hybridized carbons (Fsp3) is 0.750. The van der Waals surface area contributed by atoms with Crippen LogP contribution in [0.15, 0.2) is 0 Å². The van der Waals surface area contributed by atoms with Crippen molar-refractivity contribution in [2.75, 3.05) is 0 Å². The molecule has 0 aliphatic carbocycles. The molecule has 0 amide bonds. The van der Waals surface area contributed by atoms with Gasteiger partial charge < -0.3 is 24.7 Å². The number of hydrogen-bond acceptors (Lipinski definition) is 8. The zero-order valence-corrected chi connectivity index (χ0v) is 11.8. The average molecular weight is 289 g/mol. The minimum Gasteiger partial charge on any atom is -0.456 e. The Morgan fingerprint density at radius 1 is 0.850 bits per heavy atom. The van der Waals surface area contributed by atoms with Crippen molar-refractivity contribution in [2.45, 2.75) is 58.3 Å². The molecule has 5 atom stereocenters. The molecule has 0 aromatic carbocycles. The molecular formula is C12H19NO7. The Bertz CT molecular complexity index is 369. The summed E-state index contributed by atoms with van der Waals surface area (Å²) in [7, 11) is 0. The molecule has 1 rings (SSSR count). The summed E-state index contributed by atoms with van der Waals surface area (Å²) < 4.78 is 20.6. The molecule has 0 aromatic rings. The van der Waals surface area contributed by atoms with Crippen LogP contribution in [0.2, 0.25) is 0 Å². The summed E-state index contributed by atoms with van der Waals surface area (Å²) in [4.78, 5) is 33.5. The molecule has 0 bridgehead atoms. The van der Waals surface area contributed by atoms with Crippen LogP contribution in [0.4, 0.5) is 0 Å². The molecular weight excluding hydrogens is 270 g/mol. The van der Waals surface area contributed by atoms with Crippen molar-refractivity contribution in [3.63, 3.8) is 0 Å². The molecule has 0 radical (unpaired) electrons. The second-order valence-corrected chi connectivity index (χ2v) is 4.53. The van der Waals surface area contributed by atoms with Gasteiger partial charge in [0.2, 0.25) is 0 Å². The zero-order chi connectivity index (χ0) is 15.4. The Labute approximate surface area is 116 Å². The molecule has 1 saturated heterocycles. The number of rotatable bonds is 3. The fourth-order valence-electron chi connectivity index (χ4n) is 2.05. The van der Waals surface area contributed by atoms with Crippen LogP contribution in [0.5, 0.6) is 0 Å². The van der Waals surface area contributed by atoms with Gasteiger partial charge >= 0.3 is 17.9 Å². The number of nitrogens with two attached hydrogens (primary N) is 1. The number of hydrogen-bond donors (Lipinski definition) is 1. The van der Waals surface area contributed by atoms with E-state index in [2.05, 4.69) is 0 Å². The molecule has 1 aliphatic heterocycles. The smallest absolute Gasteiger partial charge is 0.303 e. The Kier molecular flexibility index (Phi) is 5.46. The lowest BCUT2D eigenvalue weighted by atomic mass is 9.98. The molecule has 0 spiro atoms. The summed E-state index contributed by atoms with van der Waals surface area (Å²) in [5, 5.41) is 0.